The Bertz CT molecular complexity index is 768. The molecule has 0 atom stereocenters. The fourth-order valence-electron chi connectivity index (χ4n) is 1.74. The summed E-state index contributed by atoms with van der Waals surface area (Å²) in [6.07, 6.45) is 1.45. The molecule has 1 aromatic heterocycles. The van der Waals surface area contributed by atoms with Crippen molar-refractivity contribution < 1.29 is 9.72 Å². The maximum atomic E-state index is 12.2. The smallest absolute Gasteiger partial charge is 0.269 e. The molecule has 0 spiro atoms. The number of benzene rings is 1. The van der Waals surface area contributed by atoms with E-state index < -0.39 is 4.92 Å². The van der Waals surface area contributed by atoms with Gasteiger partial charge in [0.1, 0.15) is 5.82 Å². The molecular formula is C13H10IN3O4. The molecule has 0 aliphatic heterocycles. The van der Waals surface area contributed by atoms with Crippen LogP contribution in [0.25, 0.3) is 0 Å². The number of hydrogen-bond donors (Lipinski definition) is 0. The number of non-ortho nitro benzene ring substituents is 1. The summed E-state index contributed by atoms with van der Waals surface area (Å²) in [5.41, 5.74) is -0.0556. The van der Waals surface area contributed by atoms with E-state index >= 15 is 0 Å². The Balaban J connectivity index is 2.28. The number of aromatic nitrogens is 2. The minimum Gasteiger partial charge on any atom is -0.292 e. The molecule has 2 aromatic rings. The van der Waals surface area contributed by atoms with Gasteiger partial charge in [-0.05, 0) is 41.6 Å². The Kier molecular flexibility index (Phi) is 4.46. The summed E-state index contributed by atoms with van der Waals surface area (Å²) in [5, 5.41) is 10.6. The van der Waals surface area contributed by atoms with Crippen LogP contribution >= 0.6 is 22.6 Å². The number of carbonyl (C=O) groups excluding carboxylic acids is 1. The largest absolute Gasteiger partial charge is 0.292 e. The van der Waals surface area contributed by atoms with Crippen LogP contribution in [0.4, 0.5) is 5.69 Å². The first kappa shape index (κ1) is 15.3. The highest BCUT2D eigenvalue weighted by atomic mass is 127. The quantitative estimate of drug-likeness (QED) is 0.339. The lowest BCUT2D eigenvalue weighted by Gasteiger charge is -2.08. The molecule has 0 aliphatic carbocycles. The topological polar surface area (TPSA) is 95.1 Å². The van der Waals surface area contributed by atoms with Crippen LogP contribution in [-0.4, -0.2) is 20.3 Å². The summed E-state index contributed by atoms with van der Waals surface area (Å²) in [4.78, 5) is 38.2. The zero-order valence-corrected chi connectivity index (χ0v) is 13.1. The molecule has 0 saturated carbocycles. The van der Waals surface area contributed by atoms with E-state index in [4.69, 9.17) is 0 Å². The number of Topliss-reactive ketones (excluding diaryl/α,β-unsaturated/α-hetero) is 1. The van der Waals surface area contributed by atoms with Crippen molar-refractivity contribution in [2.75, 3.05) is 0 Å². The van der Waals surface area contributed by atoms with Crippen LogP contribution in [0.2, 0.25) is 0 Å². The van der Waals surface area contributed by atoms with E-state index in [1.807, 2.05) is 22.6 Å². The molecule has 2 rings (SSSR count). The lowest BCUT2D eigenvalue weighted by Crippen LogP contribution is -2.28. The summed E-state index contributed by atoms with van der Waals surface area (Å²) >= 11 is 1.86. The first-order chi connectivity index (χ1) is 9.90. The molecule has 8 heteroatoms. The number of rotatable bonds is 4. The zero-order chi connectivity index (χ0) is 15.6. The summed E-state index contributed by atoms with van der Waals surface area (Å²) in [6, 6.07) is 5.27. The number of nitrogens with zero attached hydrogens (tertiary/aromatic N) is 3. The van der Waals surface area contributed by atoms with Crippen molar-refractivity contribution >= 4 is 34.1 Å². The Morgan fingerprint density at radius 1 is 1.38 bits per heavy atom. The van der Waals surface area contributed by atoms with Gasteiger partial charge in [-0.1, -0.05) is 0 Å². The highest BCUT2D eigenvalue weighted by molar-refractivity contribution is 14.1. The molecule has 0 saturated heterocycles. The third-order valence-electron chi connectivity index (χ3n) is 2.91. The van der Waals surface area contributed by atoms with Crippen LogP contribution in [0.3, 0.4) is 0 Å². The van der Waals surface area contributed by atoms with Gasteiger partial charge in [-0.2, -0.15) is 0 Å². The number of nitro groups is 1. The first-order valence-electron chi connectivity index (χ1n) is 5.89. The monoisotopic (exact) mass is 399 g/mol. The number of carbonyl (C=O) groups is 1. The summed E-state index contributed by atoms with van der Waals surface area (Å²) in [7, 11) is 0. The lowest BCUT2D eigenvalue weighted by molar-refractivity contribution is -0.384. The second-order valence-electron chi connectivity index (χ2n) is 4.27. The van der Waals surface area contributed by atoms with Gasteiger partial charge in [0, 0.05) is 23.9 Å². The average Bonchev–Trinajstić information content (AvgIpc) is 2.47. The standard InChI is InChI=1S/C13H10IN3O4/c1-8-15-6-11(14)13(19)16(8)7-12(18)9-2-4-10(5-3-9)17(20)21/h2-6H,7H2,1H3. The maximum Gasteiger partial charge on any atom is 0.269 e. The van der Waals surface area contributed by atoms with Crippen LogP contribution in [0.15, 0.2) is 35.3 Å². The molecular weight excluding hydrogens is 389 g/mol. The van der Waals surface area contributed by atoms with E-state index in [9.17, 15) is 19.7 Å². The van der Waals surface area contributed by atoms with Crippen molar-refractivity contribution in [3.05, 3.63) is 65.9 Å². The second kappa shape index (κ2) is 6.12. The van der Waals surface area contributed by atoms with E-state index in [-0.39, 0.29) is 23.6 Å². The van der Waals surface area contributed by atoms with Crippen LogP contribution < -0.4 is 5.56 Å². The Labute approximate surface area is 132 Å². The number of hydrogen-bond acceptors (Lipinski definition) is 5. The minimum atomic E-state index is -0.535. The Hall–Kier alpha value is -2.10. The predicted octanol–water partition coefficient (Wildman–Crippen LogP) is 1.95. The number of nitro benzene ring substituents is 1. The molecule has 0 aliphatic rings. The summed E-state index contributed by atoms with van der Waals surface area (Å²) < 4.78 is 1.71. The molecule has 0 radical (unpaired) electrons. The van der Waals surface area contributed by atoms with Gasteiger partial charge >= 0.3 is 0 Å². The number of halogens is 1. The Morgan fingerprint density at radius 2 is 2.00 bits per heavy atom. The molecule has 0 bridgehead atoms. The molecule has 0 amide bonds. The fraction of sp³-hybridized carbons (Fsp3) is 0.154. The summed E-state index contributed by atoms with van der Waals surface area (Å²) in [6.45, 7) is 1.49. The third-order valence-corrected chi connectivity index (χ3v) is 3.65. The molecule has 1 aromatic carbocycles. The SMILES string of the molecule is Cc1ncc(I)c(=O)n1CC(=O)c1ccc([N+](=O)[O-])cc1. The van der Waals surface area contributed by atoms with E-state index in [1.54, 1.807) is 6.92 Å². The van der Waals surface area contributed by atoms with Crippen molar-refractivity contribution in [3.63, 3.8) is 0 Å². The lowest BCUT2D eigenvalue weighted by atomic mass is 10.1. The van der Waals surface area contributed by atoms with Gasteiger partial charge in [-0.3, -0.25) is 24.3 Å². The minimum absolute atomic E-state index is 0.0872. The van der Waals surface area contributed by atoms with Gasteiger partial charge in [-0.15, -0.1) is 0 Å². The van der Waals surface area contributed by atoms with Gasteiger partial charge in [0.2, 0.25) is 0 Å². The molecule has 7 nitrogen and oxygen atoms in total. The Morgan fingerprint density at radius 3 is 2.57 bits per heavy atom. The molecule has 1 heterocycles. The highest BCUT2D eigenvalue weighted by Gasteiger charge is 2.13. The van der Waals surface area contributed by atoms with Crippen molar-refractivity contribution in [2.24, 2.45) is 0 Å². The van der Waals surface area contributed by atoms with E-state index in [1.165, 1.54) is 35.0 Å². The van der Waals surface area contributed by atoms with Gasteiger partial charge < -0.3 is 0 Å². The van der Waals surface area contributed by atoms with Crippen molar-refractivity contribution in [3.8, 4) is 0 Å². The fourth-order valence-corrected chi connectivity index (χ4v) is 2.17. The second-order valence-corrected chi connectivity index (χ2v) is 5.43. The van der Waals surface area contributed by atoms with Crippen LogP contribution in [-0.2, 0) is 6.54 Å². The van der Waals surface area contributed by atoms with Gasteiger partial charge in [0.05, 0.1) is 15.0 Å². The molecule has 21 heavy (non-hydrogen) atoms. The van der Waals surface area contributed by atoms with E-state index in [0.29, 0.717) is 15.0 Å². The summed E-state index contributed by atoms with van der Waals surface area (Å²) in [5.74, 6) is 0.134. The van der Waals surface area contributed by atoms with Gasteiger partial charge in [0.15, 0.2) is 5.78 Å². The third kappa shape index (κ3) is 3.32. The van der Waals surface area contributed by atoms with E-state index in [2.05, 4.69) is 4.98 Å². The maximum absolute atomic E-state index is 12.2. The van der Waals surface area contributed by atoms with E-state index in [0.717, 1.165) is 0 Å². The van der Waals surface area contributed by atoms with Crippen LogP contribution in [0.1, 0.15) is 16.2 Å². The van der Waals surface area contributed by atoms with Crippen LogP contribution in [0.5, 0.6) is 0 Å². The normalized spacial score (nSPS) is 10.4. The van der Waals surface area contributed by atoms with Crippen molar-refractivity contribution in [1.82, 2.24) is 9.55 Å². The molecule has 108 valence electrons. The predicted molar refractivity (Wildman–Crippen MR) is 83.4 cm³/mol. The number of ketones is 1. The van der Waals surface area contributed by atoms with Crippen molar-refractivity contribution in [2.45, 2.75) is 13.5 Å². The number of aryl methyl sites for hydroxylation is 1. The zero-order valence-electron chi connectivity index (χ0n) is 10.9. The highest BCUT2D eigenvalue weighted by Crippen LogP contribution is 2.13. The first-order valence-corrected chi connectivity index (χ1v) is 6.97. The molecule has 0 unspecified atom stereocenters. The molecule has 0 fully saturated rings. The van der Waals surface area contributed by atoms with Gasteiger partial charge in [-0.25, -0.2) is 4.98 Å². The molecule has 0 N–H and O–H groups in total. The average molecular weight is 399 g/mol. The van der Waals surface area contributed by atoms with Gasteiger partial charge in [0.25, 0.3) is 11.2 Å². The van der Waals surface area contributed by atoms with Crippen molar-refractivity contribution in [1.29, 1.82) is 0 Å². The van der Waals surface area contributed by atoms with Crippen LogP contribution in [0, 0.1) is 20.6 Å².